The van der Waals surface area contributed by atoms with Gasteiger partial charge in [-0.3, -0.25) is 4.79 Å². The number of halogens is 1. The number of hydrogen-bond acceptors (Lipinski definition) is 4. The predicted molar refractivity (Wildman–Crippen MR) is 91.5 cm³/mol. The van der Waals surface area contributed by atoms with E-state index in [0.717, 1.165) is 5.56 Å². The van der Waals surface area contributed by atoms with Gasteiger partial charge in [0, 0.05) is 18.6 Å². The summed E-state index contributed by atoms with van der Waals surface area (Å²) < 4.78 is 0. The molecular weight excluding hydrogens is 328 g/mol. The van der Waals surface area contributed by atoms with Crippen molar-refractivity contribution in [2.75, 3.05) is 7.05 Å². The maximum atomic E-state index is 12.5. The van der Waals surface area contributed by atoms with E-state index in [9.17, 15) is 4.79 Å². The Kier molecular flexibility index (Phi) is 4.66. The van der Waals surface area contributed by atoms with Crippen LogP contribution in [0.5, 0.6) is 0 Å². The Morgan fingerprint density at radius 2 is 2.04 bits per heavy atom. The summed E-state index contributed by atoms with van der Waals surface area (Å²) in [7, 11) is 1.74. The lowest BCUT2D eigenvalue weighted by Gasteiger charge is -2.21. The van der Waals surface area contributed by atoms with E-state index in [1.807, 2.05) is 30.3 Å². The smallest absolute Gasteiger partial charge is 0.266 e. The molecule has 6 nitrogen and oxygen atoms in total. The Labute approximate surface area is 144 Å². The number of likely N-dealkylation sites (N-methyl/N-ethyl adjacent to an activating group) is 1. The molecule has 24 heavy (non-hydrogen) atoms. The van der Waals surface area contributed by atoms with Crippen molar-refractivity contribution in [1.82, 2.24) is 20.1 Å². The highest BCUT2D eigenvalue weighted by Crippen LogP contribution is 2.16. The molecule has 1 amide bonds. The predicted octanol–water partition coefficient (Wildman–Crippen LogP) is 2.56. The second-order valence-corrected chi connectivity index (χ2v) is 5.96. The summed E-state index contributed by atoms with van der Waals surface area (Å²) in [6.07, 6.45) is -0.706. The van der Waals surface area contributed by atoms with Crippen LogP contribution < -0.4 is 4.84 Å². The van der Waals surface area contributed by atoms with E-state index in [1.54, 1.807) is 37.1 Å². The van der Waals surface area contributed by atoms with Gasteiger partial charge in [-0.25, -0.2) is 0 Å². The van der Waals surface area contributed by atoms with E-state index in [1.165, 1.54) is 4.85 Å². The van der Waals surface area contributed by atoms with Gasteiger partial charge in [0.1, 0.15) is 11.0 Å². The fourth-order valence-corrected chi connectivity index (χ4v) is 2.56. The maximum Gasteiger partial charge on any atom is 0.266 e. The average Bonchev–Trinajstić information content (AvgIpc) is 2.97. The minimum Gasteiger partial charge on any atom is -0.382 e. The Morgan fingerprint density at radius 1 is 1.29 bits per heavy atom. The number of hydrogen-bond donors (Lipinski definition) is 0. The average molecular weight is 345 g/mol. The number of amides is 1. The lowest BCUT2D eigenvalue weighted by atomic mass is 10.2. The van der Waals surface area contributed by atoms with Crippen molar-refractivity contribution >= 4 is 28.5 Å². The molecule has 0 aliphatic rings. The van der Waals surface area contributed by atoms with Gasteiger partial charge in [-0.15, -0.1) is 5.10 Å². The summed E-state index contributed by atoms with van der Waals surface area (Å²) >= 11 is 5.99. The molecule has 124 valence electrons. The molecule has 1 atom stereocenters. The van der Waals surface area contributed by atoms with Crippen LogP contribution in [0.25, 0.3) is 11.0 Å². The van der Waals surface area contributed by atoms with Gasteiger partial charge in [-0.2, -0.15) is 0 Å². The van der Waals surface area contributed by atoms with Gasteiger partial charge in [0.05, 0.1) is 0 Å². The standard InChI is InChI=1S/C17H17ClN4O2/c1-12(17(23)21(2)11-13-6-4-3-5-7-13)24-22-16-10-14(18)8-9-15(16)19-20-22/h3-10,12H,11H2,1-2H3/t12-/m0/s1. The summed E-state index contributed by atoms with van der Waals surface area (Å²) in [6, 6.07) is 15.0. The van der Waals surface area contributed by atoms with Crippen LogP contribution in [0.15, 0.2) is 48.5 Å². The highest BCUT2D eigenvalue weighted by atomic mass is 35.5. The molecule has 1 aromatic heterocycles. The quantitative estimate of drug-likeness (QED) is 0.713. The second-order valence-electron chi connectivity index (χ2n) is 5.52. The summed E-state index contributed by atoms with van der Waals surface area (Å²) in [5, 5.41) is 8.46. The Bertz CT molecular complexity index is 850. The van der Waals surface area contributed by atoms with Crippen LogP contribution in [0.2, 0.25) is 5.02 Å². The first-order valence-corrected chi connectivity index (χ1v) is 7.89. The van der Waals surface area contributed by atoms with Crippen LogP contribution in [0.1, 0.15) is 12.5 Å². The molecule has 3 aromatic rings. The second kappa shape index (κ2) is 6.88. The largest absolute Gasteiger partial charge is 0.382 e. The van der Waals surface area contributed by atoms with E-state index >= 15 is 0 Å². The SMILES string of the molecule is C[C@H](On1nnc2ccc(Cl)cc21)C(=O)N(C)Cc1ccccc1. The van der Waals surface area contributed by atoms with Crippen LogP contribution in [-0.4, -0.2) is 39.1 Å². The zero-order valence-corrected chi connectivity index (χ0v) is 14.1. The molecule has 2 aromatic carbocycles. The Hall–Kier alpha value is -2.60. The highest BCUT2D eigenvalue weighted by molar-refractivity contribution is 6.31. The zero-order chi connectivity index (χ0) is 17.1. The van der Waals surface area contributed by atoms with Crippen molar-refractivity contribution in [3.8, 4) is 0 Å². The van der Waals surface area contributed by atoms with Gasteiger partial charge in [-0.05, 0) is 35.9 Å². The van der Waals surface area contributed by atoms with Crippen LogP contribution in [0, 0.1) is 0 Å². The van der Waals surface area contributed by atoms with Gasteiger partial charge in [0.2, 0.25) is 6.10 Å². The topological polar surface area (TPSA) is 60.2 Å². The molecule has 3 rings (SSSR count). The molecule has 0 spiro atoms. The first kappa shape index (κ1) is 16.3. The number of carbonyl (C=O) groups excluding carboxylic acids is 1. The third kappa shape index (κ3) is 3.49. The summed E-state index contributed by atoms with van der Waals surface area (Å²) in [4.78, 5) is 21.0. The number of aromatic nitrogens is 3. The Morgan fingerprint density at radius 3 is 2.79 bits per heavy atom. The fourth-order valence-electron chi connectivity index (χ4n) is 2.39. The highest BCUT2D eigenvalue weighted by Gasteiger charge is 2.21. The molecule has 0 radical (unpaired) electrons. The van der Waals surface area contributed by atoms with Crippen molar-refractivity contribution in [2.45, 2.75) is 19.6 Å². The molecule has 0 aliphatic carbocycles. The molecule has 0 saturated carbocycles. The summed E-state index contributed by atoms with van der Waals surface area (Å²) in [5.41, 5.74) is 2.32. The molecule has 0 unspecified atom stereocenters. The molecule has 0 bridgehead atoms. The van der Waals surface area contributed by atoms with Crippen molar-refractivity contribution in [3.63, 3.8) is 0 Å². The van der Waals surface area contributed by atoms with Crippen LogP contribution in [0.3, 0.4) is 0 Å². The van der Waals surface area contributed by atoms with Crippen molar-refractivity contribution in [2.24, 2.45) is 0 Å². The molecule has 1 heterocycles. The summed E-state index contributed by atoms with van der Waals surface area (Å²) in [5.74, 6) is -0.149. The van der Waals surface area contributed by atoms with Gasteiger partial charge < -0.3 is 9.74 Å². The minimum absolute atomic E-state index is 0.149. The fraction of sp³-hybridized carbons (Fsp3) is 0.235. The van der Waals surface area contributed by atoms with Gasteiger partial charge in [0.25, 0.3) is 5.91 Å². The van der Waals surface area contributed by atoms with E-state index < -0.39 is 6.10 Å². The molecule has 0 saturated heterocycles. The minimum atomic E-state index is -0.706. The van der Waals surface area contributed by atoms with Gasteiger partial charge >= 0.3 is 0 Å². The van der Waals surface area contributed by atoms with Crippen LogP contribution >= 0.6 is 11.6 Å². The first-order valence-electron chi connectivity index (χ1n) is 7.51. The first-order chi connectivity index (χ1) is 11.5. The lowest BCUT2D eigenvalue weighted by molar-refractivity contribution is -0.142. The number of fused-ring (bicyclic) bond motifs is 1. The van der Waals surface area contributed by atoms with Gasteiger partial charge in [-0.1, -0.05) is 46.8 Å². The number of carbonyl (C=O) groups is 1. The molecule has 0 fully saturated rings. The third-order valence-corrected chi connectivity index (χ3v) is 3.86. The third-order valence-electron chi connectivity index (χ3n) is 3.62. The van der Waals surface area contributed by atoms with Crippen molar-refractivity contribution in [1.29, 1.82) is 0 Å². The van der Waals surface area contributed by atoms with Crippen LogP contribution in [0.4, 0.5) is 0 Å². The summed E-state index contributed by atoms with van der Waals surface area (Å²) in [6.45, 7) is 2.19. The lowest BCUT2D eigenvalue weighted by Crippen LogP contribution is -2.40. The number of rotatable bonds is 5. The van der Waals surface area contributed by atoms with Crippen molar-refractivity contribution < 1.29 is 9.63 Å². The van der Waals surface area contributed by atoms with Crippen molar-refractivity contribution in [3.05, 3.63) is 59.1 Å². The van der Waals surface area contributed by atoms with E-state index in [2.05, 4.69) is 10.3 Å². The van der Waals surface area contributed by atoms with Crippen LogP contribution in [-0.2, 0) is 11.3 Å². The molecule has 7 heteroatoms. The normalized spacial score (nSPS) is 12.1. The Balaban J connectivity index is 1.70. The number of nitrogens with zero attached hydrogens (tertiary/aromatic N) is 4. The van der Waals surface area contributed by atoms with E-state index in [-0.39, 0.29) is 5.91 Å². The van der Waals surface area contributed by atoms with E-state index in [4.69, 9.17) is 16.4 Å². The molecule has 0 aliphatic heterocycles. The number of benzene rings is 2. The molecule has 0 N–H and O–H groups in total. The monoisotopic (exact) mass is 344 g/mol. The van der Waals surface area contributed by atoms with E-state index in [0.29, 0.717) is 22.6 Å². The maximum absolute atomic E-state index is 12.5. The molecular formula is C17H17ClN4O2. The van der Waals surface area contributed by atoms with Gasteiger partial charge in [0.15, 0.2) is 0 Å². The zero-order valence-electron chi connectivity index (χ0n) is 13.4.